The van der Waals surface area contributed by atoms with E-state index in [-0.39, 0.29) is 5.78 Å². The van der Waals surface area contributed by atoms with Crippen LogP contribution >= 0.6 is 0 Å². The zero-order valence-corrected chi connectivity index (χ0v) is 7.76. The van der Waals surface area contributed by atoms with E-state index < -0.39 is 0 Å². The van der Waals surface area contributed by atoms with E-state index in [1.54, 1.807) is 6.92 Å². The molecule has 0 bridgehead atoms. The Bertz CT molecular complexity index is 138. The van der Waals surface area contributed by atoms with Gasteiger partial charge in [0.05, 0.1) is 0 Å². The number of carbonyl (C=O) groups is 1. The molecule has 0 aromatic heterocycles. The first kappa shape index (κ1) is 10.4. The summed E-state index contributed by atoms with van der Waals surface area (Å²) < 4.78 is 0. The Kier molecular flexibility index (Phi) is 4.84. The number of ketones is 1. The lowest BCUT2D eigenvalue weighted by molar-refractivity contribution is -0.117. The topological polar surface area (TPSA) is 17.1 Å². The van der Waals surface area contributed by atoms with Gasteiger partial charge in [0.25, 0.3) is 0 Å². The van der Waals surface area contributed by atoms with E-state index in [4.69, 9.17) is 0 Å². The molecule has 0 heterocycles. The van der Waals surface area contributed by atoms with Gasteiger partial charge in [0.2, 0.25) is 0 Å². The van der Waals surface area contributed by atoms with Gasteiger partial charge >= 0.3 is 0 Å². The van der Waals surface area contributed by atoms with Gasteiger partial charge in [-0.05, 0) is 25.2 Å². The van der Waals surface area contributed by atoms with Gasteiger partial charge in [0.15, 0.2) is 0 Å². The van der Waals surface area contributed by atoms with E-state index in [0.29, 0.717) is 18.3 Å². The number of Topliss-reactive ketones (excluding diaryl/α,β-unsaturated/α-hetero) is 1. The van der Waals surface area contributed by atoms with Crippen LogP contribution in [-0.2, 0) is 4.79 Å². The van der Waals surface area contributed by atoms with Crippen LogP contribution in [0.15, 0.2) is 12.7 Å². The molecule has 0 spiro atoms. The third kappa shape index (κ3) is 5.84. The molecule has 0 radical (unpaired) electrons. The first-order valence-electron chi connectivity index (χ1n) is 4.18. The maximum absolute atomic E-state index is 10.7. The number of hydrogen-bond acceptors (Lipinski definition) is 1. The molecule has 64 valence electrons. The molecule has 2 atom stereocenters. The molecule has 0 aliphatic heterocycles. The molecule has 0 saturated heterocycles. The van der Waals surface area contributed by atoms with Crippen molar-refractivity contribution in [2.75, 3.05) is 0 Å². The molecule has 0 saturated carbocycles. The summed E-state index contributed by atoms with van der Waals surface area (Å²) in [6.07, 6.45) is 3.72. The molecule has 0 N–H and O–H groups in total. The highest BCUT2D eigenvalue weighted by atomic mass is 16.1. The number of allylic oxidation sites excluding steroid dienone is 1. The van der Waals surface area contributed by atoms with Gasteiger partial charge in [-0.15, -0.1) is 6.58 Å². The number of rotatable bonds is 5. The Balaban J connectivity index is 3.59. The van der Waals surface area contributed by atoms with Crippen molar-refractivity contribution in [3.05, 3.63) is 12.7 Å². The minimum atomic E-state index is 0.286. The first-order valence-corrected chi connectivity index (χ1v) is 4.18. The van der Waals surface area contributed by atoms with Gasteiger partial charge in [-0.25, -0.2) is 0 Å². The minimum absolute atomic E-state index is 0.286. The number of hydrogen-bond donors (Lipinski definition) is 0. The summed E-state index contributed by atoms with van der Waals surface area (Å²) in [5.74, 6) is 1.32. The maximum atomic E-state index is 10.7. The Hall–Kier alpha value is -0.590. The van der Waals surface area contributed by atoms with Gasteiger partial charge in [-0.3, -0.25) is 0 Å². The quantitative estimate of drug-likeness (QED) is 0.556. The monoisotopic (exact) mass is 154 g/mol. The van der Waals surface area contributed by atoms with Crippen LogP contribution in [0, 0.1) is 11.8 Å². The van der Waals surface area contributed by atoms with Crippen molar-refractivity contribution >= 4 is 5.78 Å². The summed E-state index contributed by atoms with van der Waals surface area (Å²) in [6, 6.07) is 0. The van der Waals surface area contributed by atoms with E-state index in [1.165, 1.54) is 0 Å². The van der Waals surface area contributed by atoms with E-state index in [1.807, 2.05) is 6.08 Å². The molecule has 1 nitrogen and oxygen atoms in total. The van der Waals surface area contributed by atoms with Crippen molar-refractivity contribution in [2.45, 2.75) is 33.6 Å². The predicted molar refractivity (Wildman–Crippen MR) is 48.4 cm³/mol. The maximum Gasteiger partial charge on any atom is 0.130 e. The lowest BCUT2D eigenvalue weighted by Gasteiger charge is -2.11. The van der Waals surface area contributed by atoms with Crippen LogP contribution in [0.4, 0.5) is 0 Å². The molecule has 0 fully saturated rings. The van der Waals surface area contributed by atoms with E-state index in [2.05, 4.69) is 20.4 Å². The Morgan fingerprint density at radius 1 is 1.55 bits per heavy atom. The highest BCUT2D eigenvalue weighted by Gasteiger charge is 2.07. The standard InChI is InChI=1S/C10H18O/c1-5-8(2)6-9(3)7-10(4)11/h5,8-9H,1,6-7H2,2-4H3. The fourth-order valence-corrected chi connectivity index (χ4v) is 1.30. The average Bonchev–Trinajstić information content (AvgIpc) is 1.85. The molecular weight excluding hydrogens is 136 g/mol. The summed E-state index contributed by atoms with van der Waals surface area (Å²) in [4.78, 5) is 10.7. The molecule has 11 heavy (non-hydrogen) atoms. The zero-order chi connectivity index (χ0) is 8.85. The Labute approximate surface area is 69.5 Å². The molecule has 0 aromatic rings. The van der Waals surface area contributed by atoms with Gasteiger partial charge in [0, 0.05) is 6.42 Å². The van der Waals surface area contributed by atoms with Crippen LogP contribution in [-0.4, -0.2) is 5.78 Å². The lowest BCUT2D eigenvalue weighted by Crippen LogP contribution is -2.05. The molecule has 2 unspecified atom stereocenters. The van der Waals surface area contributed by atoms with E-state index >= 15 is 0 Å². The second-order valence-corrected chi connectivity index (χ2v) is 3.46. The van der Waals surface area contributed by atoms with Crippen molar-refractivity contribution in [1.29, 1.82) is 0 Å². The van der Waals surface area contributed by atoms with Crippen molar-refractivity contribution in [1.82, 2.24) is 0 Å². The second kappa shape index (κ2) is 5.11. The summed E-state index contributed by atoms with van der Waals surface area (Å²) >= 11 is 0. The predicted octanol–water partition coefficient (Wildman–Crippen LogP) is 2.81. The zero-order valence-electron chi connectivity index (χ0n) is 7.76. The molecule has 1 heteroatoms. The van der Waals surface area contributed by atoms with Crippen molar-refractivity contribution in [3.63, 3.8) is 0 Å². The molecule has 0 rings (SSSR count). The highest BCUT2D eigenvalue weighted by molar-refractivity contribution is 5.75. The third-order valence-electron chi connectivity index (χ3n) is 1.81. The van der Waals surface area contributed by atoms with Crippen LogP contribution in [0.25, 0.3) is 0 Å². The SMILES string of the molecule is C=CC(C)CC(C)CC(C)=O. The number of carbonyl (C=O) groups excluding carboxylic acids is 1. The summed E-state index contributed by atoms with van der Waals surface area (Å²) in [5.41, 5.74) is 0. The smallest absolute Gasteiger partial charge is 0.130 e. The molecular formula is C10H18O. The van der Waals surface area contributed by atoms with Crippen molar-refractivity contribution < 1.29 is 4.79 Å². The molecule has 0 amide bonds. The third-order valence-corrected chi connectivity index (χ3v) is 1.81. The molecule has 0 aliphatic carbocycles. The minimum Gasteiger partial charge on any atom is -0.300 e. The molecule has 0 aromatic carbocycles. The van der Waals surface area contributed by atoms with Gasteiger partial charge in [-0.2, -0.15) is 0 Å². The first-order chi connectivity index (χ1) is 5.06. The fraction of sp³-hybridized carbons (Fsp3) is 0.700. The largest absolute Gasteiger partial charge is 0.300 e. The van der Waals surface area contributed by atoms with E-state index in [9.17, 15) is 4.79 Å². The van der Waals surface area contributed by atoms with Crippen LogP contribution in [0.3, 0.4) is 0 Å². The van der Waals surface area contributed by atoms with Crippen LogP contribution < -0.4 is 0 Å². The van der Waals surface area contributed by atoms with Crippen LogP contribution in [0.5, 0.6) is 0 Å². The van der Waals surface area contributed by atoms with Crippen molar-refractivity contribution in [2.24, 2.45) is 11.8 Å². The van der Waals surface area contributed by atoms with Crippen LogP contribution in [0.2, 0.25) is 0 Å². The Morgan fingerprint density at radius 2 is 2.09 bits per heavy atom. The van der Waals surface area contributed by atoms with Gasteiger partial charge < -0.3 is 4.79 Å². The van der Waals surface area contributed by atoms with Gasteiger partial charge in [-0.1, -0.05) is 19.9 Å². The second-order valence-electron chi connectivity index (χ2n) is 3.46. The highest BCUT2D eigenvalue weighted by Crippen LogP contribution is 2.15. The fourth-order valence-electron chi connectivity index (χ4n) is 1.30. The average molecular weight is 154 g/mol. The van der Waals surface area contributed by atoms with Gasteiger partial charge in [0.1, 0.15) is 5.78 Å². The summed E-state index contributed by atoms with van der Waals surface area (Å²) in [6.45, 7) is 9.60. The van der Waals surface area contributed by atoms with E-state index in [0.717, 1.165) is 6.42 Å². The normalized spacial score (nSPS) is 15.5. The van der Waals surface area contributed by atoms with Crippen LogP contribution in [0.1, 0.15) is 33.6 Å². The summed E-state index contributed by atoms with van der Waals surface area (Å²) in [5, 5.41) is 0. The summed E-state index contributed by atoms with van der Waals surface area (Å²) in [7, 11) is 0. The lowest BCUT2D eigenvalue weighted by atomic mass is 9.94. The Morgan fingerprint density at radius 3 is 2.45 bits per heavy atom. The van der Waals surface area contributed by atoms with Crippen molar-refractivity contribution in [3.8, 4) is 0 Å². The molecule has 0 aliphatic rings.